The molecule has 2 aromatic carbocycles. The van der Waals surface area contributed by atoms with E-state index < -0.39 is 24.6 Å². The highest BCUT2D eigenvalue weighted by molar-refractivity contribution is 6.35. The highest BCUT2D eigenvalue weighted by Gasteiger charge is 2.45. The van der Waals surface area contributed by atoms with Gasteiger partial charge in [0.05, 0.1) is 19.8 Å². The van der Waals surface area contributed by atoms with Gasteiger partial charge in [-0.05, 0) is 35.4 Å². The monoisotopic (exact) mass is 480 g/mol. The van der Waals surface area contributed by atoms with Crippen LogP contribution in [0, 0.1) is 0 Å². The van der Waals surface area contributed by atoms with Gasteiger partial charge in [-0.2, -0.15) is 0 Å². The van der Waals surface area contributed by atoms with Gasteiger partial charge in [0.1, 0.15) is 18.3 Å². The van der Waals surface area contributed by atoms with Crippen LogP contribution in [-0.2, 0) is 32.2 Å². The number of benzene rings is 2. The van der Waals surface area contributed by atoms with Gasteiger partial charge in [-0.1, -0.05) is 58.5 Å². The fraction of sp³-hybridized carbons (Fsp3) is 0.400. The summed E-state index contributed by atoms with van der Waals surface area (Å²) in [5, 5.41) is 12.7. The second-order valence-corrected chi connectivity index (χ2v) is 8.22. The molecule has 0 aliphatic carbocycles. The first-order valence-corrected chi connectivity index (χ1v) is 10.3. The Morgan fingerprint density at radius 1 is 0.931 bits per heavy atom. The van der Waals surface area contributed by atoms with Gasteiger partial charge in [0.15, 0.2) is 6.29 Å². The Balaban J connectivity index is 1.55. The van der Waals surface area contributed by atoms with Crippen LogP contribution >= 0.6 is 46.4 Å². The first kappa shape index (κ1) is 23.1. The molecule has 0 aromatic heterocycles. The van der Waals surface area contributed by atoms with Gasteiger partial charge in [-0.25, -0.2) is 0 Å². The van der Waals surface area contributed by atoms with Crippen LogP contribution in [0.5, 0.6) is 0 Å². The van der Waals surface area contributed by atoms with Gasteiger partial charge in [0.25, 0.3) is 0 Å². The van der Waals surface area contributed by atoms with Crippen molar-refractivity contribution in [2.45, 2.75) is 37.8 Å². The molecule has 1 aliphatic rings. The van der Waals surface area contributed by atoms with Crippen molar-refractivity contribution < 1.29 is 24.1 Å². The van der Waals surface area contributed by atoms with E-state index in [1.54, 1.807) is 36.4 Å². The number of aliphatic hydroxyl groups excluding tert-OH is 1. The van der Waals surface area contributed by atoms with Crippen LogP contribution < -0.4 is 0 Å². The highest BCUT2D eigenvalue weighted by atomic mass is 35.5. The van der Waals surface area contributed by atoms with E-state index in [1.807, 2.05) is 0 Å². The molecule has 1 heterocycles. The van der Waals surface area contributed by atoms with Crippen molar-refractivity contribution >= 4 is 46.4 Å². The summed E-state index contributed by atoms with van der Waals surface area (Å²) in [4.78, 5) is 0. The molecule has 0 spiro atoms. The molecule has 4 atom stereocenters. The molecule has 3 rings (SSSR count). The van der Waals surface area contributed by atoms with E-state index in [1.165, 1.54) is 7.11 Å². The predicted molar refractivity (Wildman–Crippen MR) is 113 cm³/mol. The quantitative estimate of drug-likeness (QED) is 0.566. The Morgan fingerprint density at radius 3 is 2.07 bits per heavy atom. The van der Waals surface area contributed by atoms with Crippen molar-refractivity contribution in [3.63, 3.8) is 0 Å². The molecule has 0 radical (unpaired) electrons. The standard InChI is InChI=1S/C20H20Cl4O5/c1-26-20-19(28-9-12-3-5-14(22)7-16(12)24)18(25)17(29-20)10-27-8-11-2-4-13(21)6-15(11)23/h2-7,17-20,25H,8-10H2,1H3/t17-,18-,19-,20+/m1/s1. The summed E-state index contributed by atoms with van der Waals surface area (Å²) >= 11 is 24.1. The minimum absolute atomic E-state index is 0.140. The number of hydrogen-bond acceptors (Lipinski definition) is 5. The van der Waals surface area contributed by atoms with E-state index in [2.05, 4.69) is 0 Å². The van der Waals surface area contributed by atoms with Crippen molar-refractivity contribution in [3.8, 4) is 0 Å². The summed E-state index contributed by atoms with van der Waals surface area (Å²) < 4.78 is 22.5. The molecule has 2 aromatic rings. The maximum Gasteiger partial charge on any atom is 0.186 e. The number of ether oxygens (including phenoxy) is 4. The molecule has 0 amide bonds. The molecule has 0 bridgehead atoms. The highest BCUT2D eigenvalue weighted by Crippen LogP contribution is 2.28. The molecule has 1 fully saturated rings. The lowest BCUT2D eigenvalue weighted by atomic mass is 10.1. The normalized spacial score (nSPS) is 24.2. The van der Waals surface area contributed by atoms with Crippen LogP contribution in [0.4, 0.5) is 0 Å². The number of methoxy groups -OCH3 is 1. The van der Waals surface area contributed by atoms with E-state index >= 15 is 0 Å². The van der Waals surface area contributed by atoms with Crippen molar-refractivity contribution in [2.75, 3.05) is 13.7 Å². The van der Waals surface area contributed by atoms with Gasteiger partial charge < -0.3 is 24.1 Å². The summed E-state index contributed by atoms with van der Waals surface area (Å²) in [5.74, 6) is 0. The SMILES string of the molecule is CO[C@H]1O[C@H](COCc2ccc(Cl)cc2Cl)[C@@H](O)[C@H]1OCc1ccc(Cl)cc1Cl. The Morgan fingerprint density at radius 2 is 1.52 bits per heavy atom. The maximum absolute atomic E-state index is 10.6. The average molecular weight is 482 g/mol. The molecule has 0 unspecified atom stereocenters. The van der Waals surface area contributed by atoms with Crippen LogP contribution in [0.2, 0.25) is 20.1 Å². The van der Waals surface area contributed by atoms with E-state index in [0.717, 1.165) is 11.1 Å². The lowest BCUT2D eigenvalue weighted by Crippen LogP contribution is -2.37. The summed E-state index contributed by atoms with van der Waals surface area (Å²) in [5.41, 5.74) is 1.53. The third-order valence-electron chi connectivity index (χ3n) is 4.53. The molecule has 158 valence electrons. The fourth-order valence-electron chi connectivity index (χ4n) is 2.96. The summed E-state index contributed by atoms with van der Waals surface area (Å²) in [6.07, 6.45) is -2.98. The molecule has 5 nitrogen and oxygen atoms in total. The molecule has 1 aliphatic heterocycles. The van der Waals surface area contributed by atoms with E-state index in [0.29, 0.717) is 20.1 Å². The predicted octanol–water partition coefficient (Wildman–Crippen LogP) is 5.13. The Labute approximate surface area is 189 Å². The molecule has 29 heavy (non-hydrogen) atoms. The number of hydrogen-bond donors (Lipinski definition) is 1. The van der Waals surface area contributed by atoms with Crippen molar-refractivity contribution in [3.05, 3.63) is 67.6 Å². The molecule has 9 heteroatoms. The van der Waals surface area contributed by atoms with E-state index in [4.69, 9.17) is 65.4 Å². The zero-order valence-corrected chi connectivity index (χ0v) is 18.5. The smallest absolute Gasteiger partial charge is 0.186 e. The lowest BCUT2D eigenvalue weighted by Gasteiger charge is -2.20. The Bertz CT molecular complexity index is 835. The second kappa shape index (κ2) is 10.6. The first-order chi connectivity index (χ1) is 13.9. The molecular formula is C20H20Cl4O5. The van der Waals surface area contributed by atoms with Crippen LogP contribution in [0.1, 0.15) is 11.1 Å². The number of rotatable bonds is 8. The molecular weight excluding hydrogens is 462 g/mol. The topological polar surface area (TPSA) is 57.2 Å². The third-order valence-corrected chi connectivity index (χ3v) is 5.70. The molecule has 1 saturated heterocycles. The largest absolute Gasteiger partial charge is 0.387 e. The zero-order chi connectivity index (χ0) is 21.0. The fourth-order valence-corrected chi connectivity index (χ4v) is 3.88. The van der Waals surface area contributed by atoms with Crippen LogP contribution in [-0.4, -0.2) is 43.4 Å². The van der Waals surface area contributed by atoms with Crippen molar-refractivity contribution in [2.24, 2.45) is 0 Å². The maximum atomic E-state index is 10.6. The van der Waals surface area contributed by atoms with Gasteiger partial charge >= 0.3 is 0 Å². The van der Waals surface area contributed by atoms with Gasteiger partial charge in [-0.15, -0.1) is 0 Å². The van der Waals surface area contributed by atoms with Crippen LogP contribution in [0.3, 0.4) is 0 Å². The van der Waals surface area contributed by atoms with Crippen molar-refractivity contribution in [1.82, 2.24) is 0 Å². The van der Waals surface area contributed by atoms with Gasteiger partial charge in [0, 0.05) is 27.2 Å². The lowest BCUT2D eigenvalue weighted by molar-refractivity contribution is -0.170. The summed E-state index contributed by atoms with van der Waals surface area (Å²) in [7, 11) is 1.49. The summed E-state index contributed by atoms with van der Waals surface area (Å²) in [6.45, 7) is 0.572. The van der Waals surface area contributed by atoms with Crippen LogP contribution in [0.15, 0.2) is 36.4 Å². The Hall–Kier alpha value is -0.600. The molecule has 1 N–H and O–H groups in total. The minimum Gasteiger partial charge on any atom is -0.387 e. The van der Waals surface area contributed by atoms with E-state index in [-0.39, 0.29) is 19.8 Å². The number of halogens is 4. The summed E-state index contributed by atoms with van der Waals surface area (Å²) in [6, 6.07) is 10.3. The van der Waals surface area contributed by atoms with Gasteiger partial charge in [0.2, 0.25) is 0 Å². The number of aliphatic hydroxyl groups is 1. The second-order valence-electron chi connectivity index (χ2n) is 6.53. The Kier molecular flexibility index (Phi) is 8.45. The zero-order valence-electron chi connectivity index (χ0n) is 15.5. The first-order valence-electron chi connectivity index (χ1n) is 8.82. The van der Waals surface area contributed by atoms with Crippen molar-refractivity contribution in [1.29, 1.82) is 0 Å². The average Bonchev–Trinajstić information content (AvgIpc) is 2.98. The molecule has 0 saturated carbocycles. The van der Waals surface area contributed by atoms with Crippen LogP contribution in [0.25, 0.3) is 0 Å². The van der Waals surface area contributed by atoms with E-state index in [9.17, 15) is 5.11 Å². The third kappa shape index (κ3) is 5.97. The van der Waals surface area contributed by atoms with Gasteiger partial charge in [-0.3, -0.25) is 0 Å². The minimum atomic E-state index is -0.938.